The summed E-state index contributed by atoms with van der Waals surface area (Å²) in [4.78, 5) is 21.4. The molecule has 0 radical (unpaired) electrons. The summed E-state index contributed by atoms with van der Waals surface area (Å²) in [6.45, 7) is 3.62. The molecule has 0 N–H and O–H groups in total. The van der Waals surface area contributed by atoms with Crippen LogP contribution in [0.25, 0.3) is 10.2 Å². The molecular weight excluding hydrogens is 326 g/mol. The molecule has 0 bridgehead atoms. The molecule has 24 heavy (non-hydrogen) atoms. The van der Waals surface area contributed by atoms with Gasteiger partial charge in [0.25, 0.3) is 5.91 Å². The van der Waals surface area contributed by atoms with Crippen LogP contribution in [0.4, 0.5) is 5.13 Å². The number of carbonyl (C=O) groups excluding carboxylic acids is 1. The van der Waals surface area contributed by atoms with E-state index in [1.807, 2.05) is 23.1 Å². The standard InChI is InChI=1S/C17H21N3O3S/c1-22-12-4-5-15-13(10-12)18-17(24-15)20-8-9-23-14(11-20)16(21)19-6-2-3-7-19/h4-5,10,14H,2-3,6-9,11H2,1H3. The van der Waals surface area contributed by atoms with Gasteiger partial charge in [0.15, 0.2) is 11.2 Å². The zero-order valence-electron chi connectivity index (χ0n) is 13.7. The van der Waals surface area contributed by atoms with Gasteiger partial charge in [-0.1, -0.05) is 11.3 Å². The van der Waals surface area contributed by atoms with E-state index in [1.54, 1.807) is 18.4 Å². The van der Waals surface area contributed by atoms with Crippen LogP contribution in [0.2, 0.25) is 0 Å². The van der Waals surface area contributed by atoms with Crippen LogP contribution < -0.4 is 9.64 Å². The van der Waals surface area contributed by atoms with Gasteiger partial charge in [0.05, 0.1) is 30.5 Å². The van der Waals surface area contributed by atoms with Crippen molar-refractivity contribution in [1.82, 2.24) is 9.88 Å². The number of carbonyl (C=O) groups is 1. The van der Waals surface area contributed by atoms with E-state index in [2.05, 4.69) is 4.90 Å². The predicted molar refractivity (Wildman–Crippen MR) is 93.9 cm³/mol. The van der Waals surface area contributed by atoms with Crippen LogP contribution >= 0.6 is 11.3 Å². The normalized spacial score (nSPS) is 21.5. The third-order valence-electron chi connectivity index (χ3n) is 4.61. The van der Waals surface area contributed by atoms with E-state index in [4.69, 9.17) is 14.5 Å². The Bertz CT molecular complexity index is 742. The molecule has 4 rings (SSSR count). The number of hydrogen-bond acceptors (Lipinski definition) is 6. The Hall–Kier alpha value is -1.86. The van der Waals surface area contributed by atoms with Gasteiger partial charge in [-0.25, -0.2) is 4.98 Å². The Morgan fingerprint density at radius 1 is 1.33 bits per heavy atom. The fourth-order valence-corrected chi connectivity index (χ4v) is 4.25. The monoisotopic (exact) mass is 347 g/mol. The first kappa shape index (κ1) is 15.7. The summed E-state index contributed by atoms with van der Waals surface area (Å²) in [5, 5.41) is 0.945. The van der Waals surface area contributed by atoms with Crippen LogP contribution in [0.5, 0.6) is 5.75 Å². The Labute approximate surface area is 145 Å². The summed E-state index contributed by atoms with van der Waals surface area (Å²) < 4.78 is 12.1. The zero-order chi connectivity index (χ0) is 16.5. The number of amides is 1. The second-order valence-electron chi connectivity index (χ2n) is 6.17. The highest BCUT2D eigenvalue weighted by atomic mass is 32.1. The minimum atomic E-state index is -0.376. The van der Waals surface area contributed by atoms with Crippen LogP contribution in [0.3, 0.4) is 0 Å². The Morgan fingerprint density at radius 3 is 2.96 bits per heavy atom. The van der Waals surface area contributed by atoms with E-state index in [0.717, 1.165) is 53.6 Å². The summed E-state index contributed by atoms with van der Waals surface area (Å²) in [5.41, 5.74) is 0.934. The maximum absolute atomic E-state index is 12.6. The van der Waals surface area contributed by atoms with Crippen molar-refractivity contribution in [3.05, 3.63) is 18.2 Å². The maximum atomic E-state index is 12.6. The Balaban J connectivity index is 1.52. The van der Waals surface area contributed by atoms with Gasteiger partial charge in [-0.05, 0) is 25.0 Å². The number of nitrogens with zero attached hydrogens (tertiary/aromatic N) is 3. The van der Waals surface area contributed by atoms with Crippen molar-refractivity contribution >= 4 is 32.6 Å². The lowest BCUT2D eigenvalue weighted by atomic mass is 10.2. The van der Waals surface area contributed by atoms with E-state index in [0.29, 0.717) is 13.2 Å². The zero-order valence-corrected chi connectivity index (χ0v) is 14.6. The van der Waals surface area contributed by atoms with Crippen LogP contribution in [-0.4, -0.2) is 61.8 Å². The largest absolute Gasteiger partial charge is 0.497 e. The first-order chi connectivity index (χ1) is 11.7. The van der Waals surface area contributed by atoms with Crippen molar-refractivity contribution in [2.45, 2.75) is 18.9 Å². The van der Waals surface area contributed by atoms with E-state index < -0.39 is 0 Å². The van der Waals surface area contributed by atoms with E-state index in [-0.39, 0.29) is 12.0 Å². The third-order valence-corrected chi connectivity index (χ3v) is 5.71. The smallest absolute Gasteiger partial charge is 0.253 e. The molecule has 2 fully saturated rings. The van der Waals surface area contributed by atoms with Crippen molar-refractivity contribution in [2.24, 2.45) is 0 Å². The lowest BCUT2D eigenvalue weighted by molar-refractivity contribution is -0.143. The topological polar surface area (TPSA) is 54.9 Å². The van der Waals surface area contributed by atoms with Crippen molar-refractivity contribution in [3.8, 4) is 5.75 Å². The molecule has 0 aliphatic carbocycles. The number of anilines is 1. The number of benzene rings is 1. The Morgan fingerprint density at radius 2 is 2.17 bits per heavy atom. The van der Waals surface area contributed by atoms with Gasteiger partial charge in [0.2, 0.25) is 0 Å². The average molecular weight is 347 g/mol. The second-order valence-corrected chi connectivity index (χ2v) is 7.18. The molecule has 128 valence electrons. The lowest BCUT2D eigenvalue weighted by Gasteiger charge is -2.33. The molecule has 3 heterocycles. The lowest BCUT2D eigenvalue weighted by Crippen LogP contribution is -2.50. The number of thiazole rings is 1. The van der Waals surface area contributed by atoms with Crippen molar-refractivity contribution in [1.29, 1.82) is 0 Å². The van der Waals surface area contributed by atoms with Crippen LogP contribution in [0.1, 0.15) is 12.8 Å². The Kier molecular flexibility index (Phi) is 4.28. The van der Waals surface area contributed by atoms with Crippen molar-refractivity contribution in [3.63, 3.8) is 0 Å². The number of rotatable bonds is 3. The number of ether oxygens (including phenoxy) is 2. The summed E-state index contributed by atoms with van der Waals surface area (Å²) in [5.74, 6) is 0.934. The fourth-order valence-electron chi connectivity index (χ4n) is 3.27. The molecule has 2 saturated heterocycles. The van der Waals surface area contributed by atoms with Crippen molar-refractivity contribution < 1.29 is 14.3 Å². The molecule has 2 aliphatic rings. The summed E-state index contributed by atoms with van der Waals surface area (Å²) in [6, 6.07) is 5.93. The summed E-state index contributed by atoms with van der Waals surface area (Å²) >= 11 is 1.65. The van der Waals surface area contributed by atoms with Gasteiger partial charge >= 0.3 is 0 Å². The minimum absolute atomic E-state index is 0.125. The van der Waals surface area contributed by atoms with E-state index >= 15 is 0 Å². The molecule has 1 aromatic carbocycles. The average Bonchev–Trinajstić information content (AvgIpc) is 3.30. The van der Waals surface area contributed by atoms with Gasteiger partial charge in [-0.15, -0.1) is 0 Å². The van der Waals surface area contributed by atoms with Gasteiger partial charge < -0.3 is 19.3 Å². The second kappa shape index (κ2) is 6.57. The molecular formula is C17H21N3O3S. The van der Waals surface area contributed by atoms with Gasteiger partial charge in [0, 0.05) is 25.7 Å². The quantitative estimate of drug-likeness (QED) is 0.851. The molecule has 0 saturated carbocycles. The summed E-state index contributed by atoms with van der Waals surface area (Å²) in [7, 11) is 1.66. The van der Waals surface area contributed by atoms with E-state index in [9.17, 15) is 4.79 Å². The highest BCUT2D eigenvalue weighted by Crippen LogP contribution is 2.32. The molecule has 7 heteroatoms. The fraction of sp³-hybridized carbons (Fsp3) is 0.529. The van der Waals surface area contributed by atoms with Crippen molar-refractivity contribution in [2.75, 3.05) is 44.8 Å². The van der Waals surface area contributed by atoms with Gasteiger partial charge in [-0.2, -0.15) is 0 Å². The number of methoxy groups -OCH3 is 1. The first-order valence-corrected chi connectivity index (χ1v) is 9.16. The molecule has 1 aromatic heterocycles. The van der Waals surface area contributed by atoms with E-state index in [1.165, 1.54) is 0 Å². The highest BCUT2D eigenvalue weighted by molar-refractivity contribution is 7.22. The third kappa shape index (κ3) is 2.93. The van der Waals surface area contributed by atoms with Gasteiger partial charge in [0.1, 0.15) is 5.75 Å². The van der Waals surface area contributed by atoms with Crippen LogP contribution in [0.15, 0.2) is 18.2 Å². The molecule has 6 nitrogen and oxygen atoms in total. The SMILES string of the molecule is COc1ccc2sc(N3CCOC(C(=O)N4CCCC4)C3)nc2c1. The molecule has 1 unspecified atom stereocenters. The molecule has 0 spiro atoms. The molecule has 2 aromatic rings. The molecule has 1 atom stereocenters. The van der Waals surface area contributed by atoms with Gasteiger partial charge in [-0.3, -0.25) is 4.79 Å². The van der Waals surface area contributed by atoms with Crippen LogP contribution in [-0.2, 0) is 9.53 Å². The van der Waals surface area contributed by atoms with Crippen LogP contribution in [0, 0.1) is 0 Å². The predicted octanol–water partition coefficient (Wildman–Crippen LogP) is 2.13. The number of fused-ring (bicyclic) bond motifs is 1. The highest BCUT2D eigenvalue weighted by Gasteiger charge is 2.32. The number of likely N-dealkylation sites (tertiary alicyclic amines) is 1. The molecule has 2 aliphatic heterocycles. The number of morpholine rings is 1. The number of aromatic nitrogens is 1. The summed E-state index contributed by atoms with van der Waals surface area (Å²) in [6.07, 6.45) is 1.82. The minimum Gasteiger partial charge on any atom is -0.497 e. The maximum Gasteiger partial charge on any atom is 0.253 e. The first-order valence-electron chi connectivity index (χ1n) is 8.34. The molecule has 1 amide bonds. The number of hydrogen-bond donors (Lipinski definition) is 0.